The number of hydrogen-bond acceptors (Lipinski definition) is 3. The van der Waals surface area contributed by atoms with E-state index in [4.69, 9.17) is 11.6 Å². The Hall–Kier alpha value is -1.88. The lowest BCUT2D eigenvalue weighted by Crippen LogP contribution is -2.58. The van der Waals surface area contributed by atoms with Crippen LogP contribution in [0.25, 0.3) is 0 Å². The van der Waals surface area contributed by atoms with E-state index in [9.17, 15) is 9.90 Å². The Balaban J connectivity index is 1.52. The molecule has 2 N–H and O–H groups in total. The van der Waals surface area contributed by atoms with Crippen LogP contribution in [0.4, 0.5) is 0 Å². The van der Waals surface area contributed by atoms with Crippen molar-refractivity contribution in [2.75, 3.05) is 19.6 Å². The van der Waals surface area contributed by atoms with Crippen molar-refractivity contribution in [3.8, 4) is 0 Å². The zero-order valence-corrected chi connectivity index (χ0v) is 15.6. The zero-order valence-electron chi connectivity index (χ0n) is 14.8. The first-order valence-corrected chi connectivity index (χ1v) is 9.45. The minimum atomic E-state index is -1.32. The Kier molecular flexibility index (Phi) is 6.30. The second-order valence-electron chi connectivity index (χ2n) is 6.89. The topological polar surface area (TPSA) is 52.6 Å². The number of nitrogens with one attached hydrogen (secondary N) is 1. The van der Waals surface area contributed by atoms with Crippen molar-refractivity contribution in [3.63, 3.8) is 0 Å². The van der Waals surface area contributed by atoms with Crippen molar-refractivity contribution in [3.05, 3.63) is 70.7 Å². The summed E-state index contributed by atoms with van der Waals surface area (Å²) >= 11 is 5.89. The van der Waals surface area contributed by atoms with Crippen LogP contribution in [0.2, 0.25) is 5.02 Å². The summed E-state index contributed by atoms with van der Waals surface area (Å²) in [6.07, 6.45) is 2.13. The molecule has 1 saturated heterocycles. The summed E-state index contributed by atoms with van der Waals surface area (Å²) in [5, 5.41) is 14.8. The van der Waals surface area contributed by atoms with Crippen LogP contribution in [-0.4, -0.2) is 41.1 Å². The van der Waals surface area contributed by atoms with Crippen LogP contribution in [0.15, 0.2) is 54.6 Å². The highest BCUT2D eigenvalue weighted by molar-refractivity contribution is 6.30. The number of nitrogens with zero attached hydrogens (tertiary/aromatic N) is 1. The fraction of sp³-hybridized carbons (Fsp3) is 0.381. The molecule has 1 aliphatic rings. The van der Waals surface area contributed by atoms with Crippen molar-refractivity contribution in [2.45, 2.75) is 31.4 Å². The molecular weight excluding hydrogens is 348 g/mol. The Labute approximate surface area is 159 Å². The van der Waals surface area contributed by atoms with Gasteiger partial charge < -0.3 is 15.3 Å². The van der Waals surface area contributed by atoms with Gasteiger partial charge >= 0.3 is 0 Å². The predicted octanol–water partition coefficient (Wildman–Crippen LogP) is 3.03. The molecule has 0 radical (unpaired) electrons. The number of carbonyl (C=O) groups is 1. The van der Waals surface area contributed by atoms with Crippen LogP contribution in [0.3, 0.4) is 0 Å². The highest BCUT2D eigenvalue weighted by Crippen LogP contribution is 2.22. The molecule has 1 atom stereocenters. The highest BCUT2D eigenvalue weighted by Gasteiger charge is 2.41. The molecule has 0 bridgehead atoms. The van der Waals surface area contributed by atoms with E-state index in [1.54, 1.807) is 4.90 Å². The molecule has 2 aromatic rings. The maximum absolute atomic E-state index is 12.8. The third-order valence-corrected chi connectivity index (χ3v) is 5.13. The zero-order chi connectivity index (χ0) is 18.4. The van der Waals surface area contributed by atoms with E-state index in [1.807, 2.05) is 42.5 Å². The van der Waals surface area contributed by atoms with Gasteiger partial charge in [-0.2, -0.15) is 0 Å². The van der Waals surface area contributed by atoms with Gasteiger partial charge in [0.05, 0.1) is 0 Å². The number of halogens is 1. The third-order valence-electron chi connectivity index (χ3n) is 4.88. The van der Waals surface area contributed by atoms with Crippen molar-refractivity contribution in [1.29, 1.82) is 0 Å². The van der Waals surface area contributed by atoms with Gasteiger partial charge in [-0.25, -0.2) is 0 Å². The number of benzene rings is 2. The van der Waals surface area contributed by atoms with E-state index in [0.717, 1.165) is 18.4 Å². The number of hydrogen-bond donors (Lipinski definition) is 2. The molecule has 0 spiro atoms. The molecule has 0 aliphatic carbocycles. The van der Waals surface area contributed by atoms with E-state index in [1.165, 1.54) is 5.56 Å². The minimum absolute atomic E-state index is 0.164. The van der Waals surface area contributed by atoms with Gasteiger partial charge in [0, 0.05) is 31.2 Å². The average Bonchev–Trinajstić information content (AvgIpc) is 2.66. The number of likely N-dealkylation sites (tertiary alicyclic amines) is 1. The van der Waals surface area contributed by atoms with E-state index in [-0.39, 0.29) is 12.5 Å². The molecule has 26 heavy (non-hydrogen) atoms. The molecule has 2 aromatic carbocycles. The van der Waals surface area contributed by atoms with E-state index >= 15 is 0 Å². The lowest BCUT2D eigenvalue weighted by atomic mass is 9.91. The molecule has 1 fully saturated rings. The summed E-state index contributed by atoms with van der Waals surface area (Å²) in [6.45, 7) is 2.21. The standard InChI is InChI=1S/C21H25ClN2O2/c22-19-9-7-18(8-10-19)15-23-16-21(26)12-4-13-24(20(21)25)14-11-17-5-2-1-3-6-17/h1-3,5-10,23,26H,4,11-16H2/t21-/m0/s1. The summed E-state index contributed by atoms with van der Waals surface area (Å²) in [5.41, 5.74) is 0.957. The average molecular weight is 373 g/mol. The Morgan fingerprint density at radius 3 is 2.54 bits per heavy atom. The summed E-state index contributed by atoms with van der Waals surface area (Å²) in [4.78, 5) is 14.6. The summed E-state index contributed by atoms with van der Waals surface area (Å²) in [7, 11) is 0. The summed E-state index contributed by atoms with van der Waals surface area (Å²) in [5.74, 6) is -0.164. The Morgan fingerprint density at radius 1 is 1.08 bits per heavy atom. The van der Waals surface area contributed by atoms with E-state index in [0.29, 0.717) is 31.1 Å². The number of aliphatic hydroxyl groups is 1. The van der Waals surface area contributed by atoms with Crippen molar-refractivity contribution in [2.24, 2.45) is 0 Å². The maximum atomic E-state index is 12.8. The molecule has 1 aliphatic heterocycles. The van der Waals surface area contributed by atoms with Crippen LogP contribution in [0, 0.1) is 0 Å². The molecule has 4 nitrogen and oxygen atoms in total. The SMILES string of the molecule is O=C1N(CCc2ccccc2)CCC[C@]1(O)CNCc1ccc(Cl)cc1. The lowest BCUT2D eigenvalue weighted by Gasteiger charge is -2.38. The van der Waals surface area contributed by atoms with E-state index in [2.05, 4.69) is 17.4 Å². The van der Waals surface area contributed by atoms with Gasteiger partial charge in [0.2, 0.25) is 0 Å². The first kappa shape index (κ1) is 18.9. The fourth-order valence-electron chi connectivity index (χ4n) is 3.37. The van der Waals surface area contributed by atoms with Gasteiger partial charge in [-0.3, -0.25) is 4.79 Å². The molecule has 0 saturated carbocycles. The molecule has 138 valence electrons. The Morgan fingerprint density at radius 2 is 1.81 bits per heavy atom. The number of piperidine rings is 1. The van der Waals surface area contributed by atoms with Gasteiger partial charge in [-0.05, 0) is 42.5 Å². The molecule has 1 heterocycles. The minimum Gasteiger partial charge on any atom is -0.379 e. The molecule has 0 aromatic heterocycles. The molecule has 5 heteroatoms. The third kappa shape index (κ3) is 4.85. The first-order chi connectivity index (χ1) is 12.6. The second kappa shape index (κ2) is 8.67. The number of amides is 1. The van der Waals surface area contributed by atoms with Crippen LogP contribution >= 0.6 is 11.6 Å². The molecule has 1 amide bonds. The second-order valence-corrected chi connectivity index (χ2v) is 7.33. The fourth-order valence-corrected chi connectivity index (χ4v) is 3.49. The highest BCUT2D eigenvalue weighted by atomic mass is 35.5. The van der Waals surface area contributed by atoms with Crippen LogP contribution < -0.4 is 5.32 Å². The van der Waals surface area contributed by atoms with Gasteiger partial charge in [0.25, 0.3) is 5.91 Å². The van der Waals surface area contributed by atoms with Crippen molar-refractivity contribution in [1.82, 2.24) is 10.2 Å². The predicted molar refractivity (Wildman–Crippen MR) is 104 cm³/mol. The van der Waals surface area contributed by atoms with Crippen LogP contribution in [0.5, 0.6) is 0 Å². The van der Waals surface area contributed by atoms with Crippen molar-refractivity contribution >= 4 is 17.5 Å². The molecule has 3 rings (SSSR count). The van der Waals surface area contributed by atoms with Gasteiger partial charge in [0.1, 0.15) is 0 Å². The quantitative estimate of drug-likeness (QED) is 0.785. The molecular formula is C21H25ClN2O2. The normalized spacial score (nSPS) is 20.4. The van der Waals surface area contributed by atoms with Gasteiger partial charge in [0.15, 0.2) is 5.60 Å². The first-order valence-electron chi connectivity index (χ1n) is 9.08. The van der Waals surface area contributed by atoms with Crippen molar-refractivity contribution < 1.29 is 9.90 Å². The van der Waals surface area contributed by atoms with E-state index < -0.39 is 5.60 Å². The summed E-state index contributed by atoms with van der Waals surface area (Å²) < 4.78 is 0. The van der Waals surface area contributed by atoms with Gasteiger partial charge in [-0.15, -0.1) is 0 Å². The smallest absolute Gasteiger partial charge is 0.255 e. The number of rotatable bonds is 7. The number of carbonyl (C=O) groups excluding carboxylic acids is 1. The van der Waals surface area contributed by atoms with Crippen LogP contribution in [-0.2, 0) is 17.8 Å². The lowest BCUT2D eigenvalue weighted by molar-refractivity contribution is -0.156. The van der Waals surface area contributed by atoms with Crippen LogP contribution in [0.1, 0.15) is 24.0 Å². The monoisotopic (exact) mass is 372 g/mol. The van der Waals surface area contributed by atoms with Gasteiger partial charge in [-0.1, -0.05) is 54.1 Å². The summed E-state index contributed by atoms with van der Waals surface area (Å²) in [6, 6.07) is 17.7. The molecule has 0 unspecified atom stereocenters. The maximum Gasteiger partial charge on any atom is 0.255 e. The Bertz CT molecular complexity index is 721. The largest absolute Gasteiger partial charge is 0.379 e.